The Labute approximate surface area is 227 Å². The summed E-state index contributed by atoms with van der Waals surface area (Å²) in [7, 11) is 0. The first-order chi connectivity index (χ1) is 22.1. The van der Waals surface area contributed by atoms with Crippen LogP contribution in [0.25, 0.3) is 0 Å². The predicted molar refractivity (Wildman–Crippen MR) is 129 cm³/mol. The molecule has 5 rings (SSSR count). The van der Waals surface area contributed by atoms with Crippen LogP contribution in [-0.2, 0) is 33.9 Å². The number of halogens is 1. The smallest absolute Gasteiger partial charge is 0.255 e. The molecule has 2 aromatic carbocycles. The highest BCUT2D eigenvalue weighted by atomic mass is 19.1. The van der Waals surface area contributed by atoms with Gasteiger partial charge in [-0.3, -0.25) is 24.6 Å². The van der Waals surface area contributed by atoms with Gasteiger partial charge in [-0.1, -0.05) is 24.3 Å². The maximum atomic E-state index is 16.3. The van der Waals surface area contributed by atoms with Crippen LogP contribution in [0.1, 0.15) is 71.6 Å². The van der Waals surface area contributed by atoms with E-state index in [4.69, 9.17) is 27.3 Å². The quantitative estimate of drug-likeness (QED) is 0.604. The van der Waals surface area contributed by atoms with Crippen molar-refractivity contribution in [2.24, 2.45) is 0 Å². The Balaban J connectivity index is 1.57. The SMILES string of the molecule is [2H]C([2H])(Oc1cccc2c1C([2H])([2H])N(C1([2H])CCC(=O)NC1=O)C2=O)c1cccc(C([2H])([2H])N2C([2H])([2H])C([2H])(C)OC([2H])(C)C2([2H])[2H])c1F. The van der Waals surface area contributed by atoms with Crippen LogP contribution in [0.4, 0.5) is 4.39 Å². The van der Waals surface area contributed by atoms with Gasteiger partial charge in [-0.2, -0.15) is 0 Å². The second-order valence-corrected chi connectivity index (χ2v) is 8.01. The zero-order valence-corrected chi connectivity index (χ0v) is 19.2. The van der Waals surface area contributed by atoms with E-state index in [9.17, 15) is 14.4 Å². The summed E-state index contributed by atoms with van der Waals surface area (Å²) in [5, 5.41) is 1.90. The molecule has 2 fully saturated rings. The monoisotopic (exact) mass is 508 g/mol. The molecule has 0 aromatic heterocycles. The molecule has 36 heavy (non-hydrogen) atoms. The van der Waals surface area contributed by atoms with Crippen LogP contribution in [0.5, 0.6) is 5.75 Å². The van der Waals surface area contributed by atoms with Gasteiger partial charge in [-0.25, -0.2) is 4.39 Å². The van der Waals surface area contributed by atoms with Crippen LogP contribution in [-0.4, -0.2) is 58.7 Å². The number of piperidine rings is 1. The van der Waals surface area contributed by atoms with Crippen molar-refractivity contribution in [2.45, 2.75) is 64.4 Å². The number of hydrogen-bond acceptors (Lipinski definition) is 6. The minimum Gasteiger partial charge on any atom is -0.488 e. The number of nitrogens with one attached hydrogen (secondary N) is 1. The lowest BCUT2D eigenvalue weighted by molar-refractivity contribution is -0.136. The number of morpholine rings is 1. The highest BCUT2D eigenvalue weighted by Gasteiger charge is 2.40. The second-order valence-electron chi connectivity index (χ2n) is 8.01. The third-order valence-corrected chi connectivity index (χ3v) is 5.40. The van der Waals surface area contributed by atoms with Crippen molar-refractivity contribution in [1.29, 1.82) is 0 Å². The molecule has 0 spiro atoms. The number of rotatable bonds is 6. The number of hydrogen-bond donors (Lipinski definition) is 1. The molecule has 0 bridgehead atoms. The van der Waals surface area contributed by atoms with E-state index in [0.29, 0.717) is 4.90 Å². The topological polar surface area (TPSA) is 88.2 Å². The standard InChI is InChI=1S/C27H30FN3O5/c1-16-11-30(12-17(2)36-16)13-18-5-3-6-19(25(18)28)15-35-23-8-4-7-20-21(23)14-31(27(20)34)22-9-10-24(32)29-26(22)33/h3-8,16-17,22H,9-15H2,1-2H3,(H,29,32,33)/i11D2,12D2,13D2,14D2,15D2,16D,17D,22D. The van der Waals surface area contributed by atoms with E-state index >= 15 is 4.39 Å². The highest BCUT2D eigenvalue weighted by Crippen LogP contribution is 2.34. The summed E-state index contributed by atoms with van der Waals surface area (Å²) in [5.41, 5.74) is -3.17. The Kier molecular flexibility index (Phi) is 3.69. The van der Waals surface area contributed by atoms with Crippen molar-refractivity contribution >= 4 is 17.7 Å². The fourth-order valence-electron chi connectivity index (χ4n) is 3.80. The van der Waals surface area contributed by atoms with E-state index in [1.165, 1.54) is 6.07 Å². The molecule has 9 heteroatoms. The first kappa shape index (κ1) is 13.3. The van der Waals surface area contributed by atoms with Crippen LogP contribution in [0.3, 0.4) is 0 Å². The zero-order valence-electron chi connectivity index (χ0n) is 32.2. The second kappa shape index (κ2) is 9.99. The molecule has 2 saturated heterocycles. The lowest BCUT2D eigenvalue weighted by Crippen LogP contribution is -2.52. The molecule has 3 heterocycles. The van der Waals surface area contributed by atoms with Crippen molar-refractivity contribution in [3.05, 3.63) is 64.5 Å². The Morgan fingerprint density at radius 2 is 1.89 bits per heavy atom. The van der Waals surface area contributed by atoms with Crippen molar-refractivity contribution in [2.75, 3.05) is 13.0 Å². The molecule has 0 radical (unpaired) electrons. The molecule has 0 saturated carbocycles. The number of carbonyl (C=O) groups excluding carboxylic acids is 3. The van der Waals surface area contributed by atoms with Gasteiger partial charge in [-0.15, -0.1) is 0 Å². The molecule has 8 nitrogen and oxygen atoms in total. The summed E-state index contributed by atoms with van der Waals surface area (Å²) >= 11 is 0. The van der Waals surface area contributed by atoms with Crippen molar-refractivity contribution in [1.82, 2.24) is 15.1 Å². The largest absolute Gasteiger partial charge is 0.488 e. The summed E-state index contributed by atoms with van der Waals surface area (Å²) in [6.45, 7) is -14.8. The molecule has 3 unspecified atom stereocenters. The first-order valence-corrected chi connectivity index (χ1v) is 10.9. The fraction of sp³-hybridized carbons (Fsp3) is 0.444. The Bertz CT molecular complexity index is 1750. The van der Waals surface area contributed by atoms with Gasteiger partial charge < -0.3 is 14.4 Å². The van der Waals surface area contributed by atoms with Gasteiger partial charge in [0.15, 0.2) is 0 Å². The molecule has 2 aromatic rings. The minimum absolute atomic E-state index is 0.153. The maximum Gasteiger partial charge on any atom is 0.255 e. The van der Waals surface area contributed by atoms with Crippen LogP contribution >= 0.6 is 0 Å². The van der Waals surface area contributed by atoms with Crippen molar-refractivity contribution in [3.63, 3.8) is 0 Å². The normalized spacial score (nSPS) is 41.0. The van der Waals surface area contributed by atoms with E-state index in [2.05, 4.69) is 0 Å². The molecule has 190 valence electrons. The summed E-state index contributed by atoms with van der Waals surface area (Å²) in [4.78, 5) is 38.0. The van der Waals surface area contributed by atoms with Gasteiger partial charge in [0.1, 0.15) is 24.1 Å². The Morgan fingerprint density at radius 3 is 2.64 bits per heavy atom. The van der Waals surface area contributed by atoms with E-state index in [0.717, 1.165) is 44.2 Å². The third-order valence-electron chi connectivity index (χ3n) is 5.40. The summed E-state index contributed by atoms with van der Waals surface area (Å²) in [6.07, 6.45) is -6.43. The zero-order chi connectivity index (χ0) is 37.1. The summed E-state index contributed by atoms with van der Waals surface area (Å²) < 4.78 is 138. The molecule has 3 aliphatic rings. The van der Waals surface area contributed by atoms with E-state index in [1.54, 1.807) is 0 Å². The van der Waals surface area contributed by atoms with Gasteiger partial charge in [0.05, 0.1) is 28.3 Å². The average molecular weight is 509 g/mol. The number of amides is 3. The number of imide groups is 1. The molecule has 3 aliphatic heterocycles. The van der Waals surface area contributed by atoms with Gasteiger partial charge in [0.2, 0.25) is 11.8 Å². The minimum atomic E-state index is -3.51. The number of nitrogens with zero attached hydrogens (tertiary/aromatic N) is 2. The van der Waals surface area contributed by atoms with E-state index < -0.39 is 109 Å². The van der Waals surface area contributed by atoms with Crippen molar-refractivity contribution < 1.29 is 46.1 Å². The molecule has 0 aliphatic carbocycles. The summed E-state index contributed by atoms with van der Waals surface area (Å²) in [6, 6.07) is 3.33. The van der Waals surface area contributed by atoms with Crippen LogP contribution < -0.4 is 10.1 Å². The summed E-state index contributed by atoms with van der Waals surface area (Å²) in [5.74, 6) is -5.49. The highest BCUT2D eigenvalue weighted by molar-refractivity contribution is 6.05. The number of fused-ring (bicyclic) bond motifs is 1. The first-order valence-electron chi connectivity index (χ1n) is 17.4. The predicted octanol–water partition coefficient (Wildman–Crippen LogP) is 2.77. The third kappa shape index (κ3) is 4.85. The van der Waals surface area contributed by atoms with Gasteiger partial charge in [-0.05, 0) is 32.4 Å². The molecule has 3 amide bonds. The number of benzene rings is 2. The Morgan fingerprint density at radius 1 is 1.17 bits per heavy atom. The van der Waals surface area contributed by atoms with Gasteiger partial charge in [0.25, 0.3) is 5.91 Å². The Hall–Kier alpha value is -3.30. The maximum absolute atomic E-state index is 16.3. The molecular formula is C27H30FN3O5. The molecule has 3 atom stereocenters. The number of ether oxygens (including phenoxy) is 2. The van der Waals surface area contributed by atoms with E-state index in [-0.39, 0.29) is 11.3 Å². The van der Waals surface area contributed by atoms with Crippen molar-refractivity contribution in [3.8, 4) is 5.75 Å². The van der Waals surface area contributed by atoms with Crippen LogP contribution in [0.15, 0.2) is 36.4 Å². The fourth-order valence-corrected chi connectivity index (χ4v) is 3.80. The molecular weight excluding hydrogens is 465 g/mol. The van der Waals surface area contributed by atoms with Crippen LogP contribution in [0.2, 0.25) is 0 Å². The van der Waals surface area contributed by atoms with Crippen LogP contribution in [0, 0.1) is 5.82 Å². The number of carbonyl (C=O) groups is 3. The van der Waals surface area contributed by atoms with E-state index in [1.807, 2.05) is 5.32 Å². The average Bonchev–Trinajstić information content (AvgIpc) is 3.14. The van der Waals surface area contributed by atoms with Gasteiger partial charge >= 0.3 is 0 Å². The lowest BCUT2D eigenvalue weighted by Gasteiger charge is -2.35. The molecule has 1 N–H and O–H groups in total. The lowest BCUT2D eigenvalue weighted by atomic mass is 10.0. The van der Waals surface area contributed by atoms with Gasteiger partial charge in [0, 0.05) is 56.4 Å².